The Labute approximate surface area is 223 Å². The molecule has 4 rings (SSSR count). The average Bonchev–Trinajstić information content (AvgIpc) is 3.30. The summed E-state index contributed by atoms with van der Waals surface area (Å²) in [6.07, 6.45) is -0.936. The molecule has 7 heteroatoms. The molecular weight excluding hydrogens is 482 g/mol. The van der Waals surface area contributed by atoms with Crippen molar-refractivity contribution in [1.29, 1.82) is 0 Å². The number of carbonyl (C=O) groups is 3. The highest BCUT2D eigenvalue weighted by Gasteiger charge is 2.37. The summed E-state index contributed by atoms with van der Waals surface area (Å²) < 4.78 is 16.5. The van der Waals surface area contributed by atoms with Gasteiger partial charge in [0, 0.05) is 24.2 Å². The number of esters is 1. The van der Waals surface area contributed by atoms with Crippen LogP contribution < -0.4 is 14.4 Å². The summed E-state index contributed by atoms with van der Waals surface area (Å²) in [6, 6.07) is 21.8. The second kappa shape index (κ2) is 11.1. The first-order valence-electron chi connectivity index (χ1n) is 12.6. The summed E-state index contributed by atoms with van der Waals surface area (Å²) in [7, 11) is 1.54. The summed E-state index contributed by atoms with van der Waals surface area (Å²) in [5, 5.41) is 0. The Morgan fingerprint density at radius 3 is 1.97 bits per heavy atom. The molecule has 1 fully saturated rings. The Bertz CT molecular complexity index is 1290. The predicted molar refractivity (Wildman–Crippen MR) is 145 cm³/mol. The van der Waals surface area contributed by atoms with Gasteiger partial charge in [-0.2, -0.15) is 0 Å². The number of ketones is 1. The zero-order valence-electron chi connectivity index (χ0n) is 22.4. The Hall–Kier alpha value is -4.13. The van der Waals surface area contributed by atoms with Gasteiger partial charge in [-0.25, -0.2) is 0 Å². The minimum absolute atomic E-state index is 0.0284. The number of rotatable bonds is 8. The highest BCUT2D eigenvalue weighted by Crippen LogP contribution is 2.31. The zero-order chi connectivity index (χ0) is 27.4. The maximum Gasteiger partial charge on any atom is 0.312 e. The van der Waals surface area contributed by atoms with E-state index in [9.17, 15) is 14.4 Å². The fraction of sp³-hybridized carbons (Fsp3) is 0.323. The van der Waals surface area contributed by atoms with E-state index in [1.165, 1.54) is 12.5 Å². The minimum atomic E-state index is -0.964. The summed E-state index contributed by atoms with van der Waals surface area (Å²) in [4.78, 5) is 39.7. The number of carbonyl (C=O) groups excluding carboxylic acids is 3. The predicted octanol–water partition coefficient (Wildman–Crippen LogP) is 5.95. The third kappa shape index (κ3) is 6.22. The van der Waals surface area contributed by atoms with Crippen LogP contribution in [0.25, 0.3) is 0 Å². The largest absolute Gasteiger partial charge is 0.497 e. The van der Waals surface area contributed by atoms with E-state index in [1.807, 2.05) is 12.1 Å². The minimum Gasteiger partial charge on any atom is -0.497 e. The van der Waals surface area contributed by atoms with Crippen molar-refractivity contribution >= 4 is 23.3 Å². The van der Waals surface area contributed by atoms with Crippen molar-refractivity contribution in [2.24, 2.45) is 5.92 Å². The van der Waals surface area contributed by atoms with Gasteiger partial charge >= 0.3 is 5.97 Å². The maximum absolute atomic E-state index is 12.8. The van der Waals surface area contributed by atoms with E-state index in [4.69, 9.17) is 14.2 Å². The Balaban J connectivity index is 1.34. The van der Waals surface area contributed by atoms with Gasteiger partial charge in [0.25, 0.3) is 0 Å². The molecule has 198 valence electrons. The molecule has 0 N–H and O–H groups in total. The number of amides is 1. The standard InChI is InChI=1S/C31H33NO6/c1-20(29(34)21-6-12-25(36-5)13-7-21)37-30(35)22-18-28(33)32(19-22)24-10-16-27(17-11-24)38-26-14-8-23(9-15-26)31(2,3)4/h6-17,20,22H,18-19H2,1-5H3/t20-,22-/m1/s1. The van der Waals surface area contributed by atoms with Gasteiger partial charge in [-0.1, -0.05) is 32.9 Å². The molecule has 0 saturated carbocycles. The van der Waals surface area contributed by atoms with Crippen molar-refractivity contribution in [3.8, 4) is 17.2 Å². The monoisotopic (exact) mass is 515 g/mol. The fourth-order valence-electron chi connectivity index (χ4n) is 4.28. The Kier molecular flexibility index (Phi) is 7.86. The SMILES string of the molecule is COc1ccc(C(=O)[C@@H](C)OC(=O)[C@@H]2CC(=O)N(c3ccc(Oc4ccc(C(C)(C)C)cc4)cc3)C2)cc1. The quantitative estimate of drug-likeness (QED) is 0.272. The third-order valence-corrected chi connectivity index (χ3v) is 6.60. The van der Waals surface area contributed by atoms with Gasteiger partial charge in [0.05, 0.1) is 13.0 Å². The van der Waals surface area contributed by atoms with E-state index >= 15 is 0 Å². The first-order valence-corrected chi connectivity index (χ1v) is 12.6. The van der Waals surface area contributed by atoms with Crippen molar-refractivity contribution in [3.63, 3.8) is 0 Å². The Morgan fingerprint density at radius 1 is 0.868 bits per heavy atom. The van der Waals surface area contributed by atoms with Crippen LogP contribution in [0.5, 0.6) is 17.2 Å². The van der Waals surface area contributed by atoms with Gasteiger partial charge in [0.2, 0.25) is 11.7 Å². The molecule has 0 aromatic heterocycles. The third-order valence-electron chi connectivity index (χ3n) is 6.60. The highest BCUT2D eigenvalue weighted by molar-refractivity contribution is 6.02. The number of ether oxygens (including phenoxy) is 3. The normalized spacial score (nSPS) is 16.2. The van der Waals surface area contributed by atoms with E-state index in [0.717, 1.165) is 5.75 Å². The molecule has 0 aliphatic carbocycles. The van der Waals surface area contributed by atoms with Gasteiger partial charge in [-0.05, 0) is 78.6 Å². The van der Waals surface area contributed by atoms with Crippen LogP contribution in [0.4, 0.5) is 5.69 Å². The lowest BCUT2D eigenvalue weighted by atomic mass is 9.87. The molecule has 2 atom stereocenters. The van der Waals surface area contributed by atoms with Crippen LogP contribution in [0.1, 0.15) is 50.0 Å². The molecule has 3 aromatic rings. The molecule has 1 aliphatic rings. The van der Waals surface area contributed by atoms with Crippen LogP contribution in [0.3, 0.4) is 0 Å². The Morgan fingerprint density at radius 2 is 1.42 bits per heavy atom. The summed E-state index contributed by atoms with van der Waals surface area (Å²) in [5.41, 5.74) is 2.38. The molecule has 0 radical (unpaired) electrons. The van der Waals surface area contributed by atoms with Crippen LogP contribution in [0.2, 0.25) is 0 Å². The number of Topliss-reactive ketones (excluding diaryl/α,β-unsaturated/α-hetero) is 1. The smallest absolute Gasteiger partial charge is 0.312 e. The van der Waals surface area contributed by atoms with E-state index in [2.05, 4.69) is 32.9 Å². The molecule has 0 unspecified atom stereocenters. The summed E-state index contributed by atoms with van der Waals surface area (Å²) in [6.45, 7) is 8.21. The molecule has 1 aliphatic heterocycles. The molecule has 0 spiro atoms. The van der Waals surface area contributed by atoms with Crippen molar-refractivity contribution in [2.45, 2.75) is 45.6 Å². The van der Waals surface area contributed by atoms with Gasteiger partial charge < -0.3 is 19.1 Å². The van der Waals surface area contributed by atoms with Crippen LogP contribution in [0.15, 0.2) is 72.8 Å². The second-order valence-electron chi connectivity index (χ2n) is 10.4. The van der Waals surface area contributed by atoms with Gasteiger partial charge in [0.15, 0.2) is 6.10 Å². The summed E-state index contributed by atoms with van der Waals surface area (Å²) >= 11 is 0. The molecule has 3 aromatic carbocycles. The number of hydrogen-bond acceptors (Lipinski definition) is 6. The topological polar surface area (TPSA) is 82.1 Å². The lowest BCUT2D eigenvalue weighted by molar-refractivity contribution is -0.151. The number of anilines is 1. The molecule has 7 nitrogen and oxygen atoms in total. The fourth-order valence-corrected chi connectivity index (χ4v) is 4.28. The lowest BCUT2D eigenvalue weighted by Gasteiger charge is -2.19. The van der Waals surface area contributed by atoms with E-state index < -0.39 is 18.0 Å². The van der Waals surface area contributed by atoms with Crippen LogP contribution >= 0.6 is 0 Å². The van der Waals surface area contributed by atoms with Crippen molar-refractivity contribution in [1.82, 2.24) is 0 Å². The first kappa shape index (κ1) is 26.9. The molecule has 1 amide bonds. The van der Waals surface area contributed by atoms with Gasteiger partial charge in [-0.3, -0.25) is 14.4 Å². The van der Waals surface area contributed by atoms with Crippen LogP contribution in [0, 0.1) is 5.92 Å². The number of nitrogens with zero attached hydrogens (tertiary/aromatic N) is 1. The average molecular weight is 516 g/mol. The van der Waals surface area contributed by atoms with Crippen molar-refractivity contribution < 1.29 is 28.6 Å². The van der Waals surface area contributed by atoms with Crippen molar-refractivity contribution in [3.05, 3.63) is 83.9 Å². The molecule has 0 bridgehead atoms. The van der Waals surface area contributed by atoms with E-state index in [-0.39, 0.29) is 30.1 Å². The van der Waals surface area contributed by atoms with Gasteiger partial charge in [-0.15, -0.1) is 0 Å². The molecule has 1 heterocycles. The van der Waals surface area contributed by atoms with Crippen LogP contribution in [-0.2, 0) is 19.7 Å². The van der Waals surface area contributed by atoms with Gasteiger partial charge in [0.1, 0.15) is 17.2 Å². The number of benzene rings is 3. The molecular formula is C31H33NO6. The first-order chi connectivity index (χ1) is 18.0. The second-order valence-corrected chi connectivity index (χ2v) is 10.4. The maximum atomic E-state index is 12.8. The van der Waals surface area contributed by atoms with E-state index in [0.29, 0.717) is 22.7 Å². The lowest BCUT2D eigenvalue weighted by Crippen LogP contribution is -2.30. The molecule has 38 heavy (non-hydrogen) atoms. The zero-order valence-corrected chi connectivity index (χ0v) is 22.4. The molecule has 1 saturated heterocycles. The van der Waals surface area contributed by atoms with E-state index in [1.54, 1.807) is 60.5 Å². The number of hydrogen-bond donors (Lipinski definition) is 0. The summed E-state index contributed by atoms with van der Waals surface area (Å²) in [5.74, 6) is 0.304. The number of methoxy groups -OCH3 is 1. The highest BCUT2D eigenvalue weighted by atomic mass is 16.5. The van der Waals surface area contributed by atoms with Crippen LogP contribution in [-0.4, -0.2) is 37.4 Å². The van der Waals surface area contributed by atoms with Crippen molar-refractivity contribution in [2.75, 3.05) is 18.6 Å².